The summed E-state index contributed by atoms with van der Waals surface area (Å²) in [5.74, 6) is -1.41. The number of carbonyl (C=O) groups excluding carboxylic acids is 1. The number of aromatic carboxylic acids is 1. The van der Waals surface area contributed by atoms with E-state index in [4.69, 9.17) is 10.8 Å². The second kappa shape index (κ2) is 5.40. The quantitative estimate of drug-likeness (QED) is 0.787. The van der Waals surface area contributed by atoms with Crippen molar-refractivity contribution >= 4 is 11.9 Å². The topological polar surface area (TPSA) is 101 Å². The van der Waals surface area contributed by atoms with E-state index in [-0.39, 0.29) is 17.4 Å². The van der Waals surface area contributed by atoms with Crippen molar-refractivity contribution in [1.82, 2.24) is 14.7 Å². The molecule has 0 spiro atoms. The van der Waals surface area contributed by atoms with Gasteiger partial charge in [0.2, 0.25) is 5.91 Å². The van der Waals surface area contributed by atoms with Gasteiger partial charge in [-0.15, -0.1) is 0 Å². The van der Waals surface area contributed by atoms with E-state index in [0.717, 1.165) is 19.4 Å². The normalized spacial score (nSPS) is 20.4. The van der Waals surface area contributed by atoms with Crippen molar-refractivity contribution in [2.75, 3.05) is 13.1 Å². The van der Waals surface area contributed by atoms with Crippen molar-refractivity contribution in [3.63, 3.8) is 0 Å². The molecule has 1 aliphatic heterocycles. The Morgan fingerprint density at radius 3 is 2.95 bits per heavy atom. The van der Waals surface area contributed by atoms with Crippen LogP contribution in [0.2, 0.25) is 0 Å². The number of likely N-dealkylation sites (tertiary alicyclic amines) is 1. The molecule has 1 atom stereocenters. The number of hydrogen-bond donors (Lipinski definition) is 2. The summed E-state index contributed by atoms with van der Waals surface area (Å²) in [5, 5.41) is 13.1. The average molecular weight is 266 g/mol. The summed E-state index contributed by atoms with van der Waals surface area (Å²) < 4.78 is 1.57. The van der Waals surface area contributed by atoms with Gasteiger partial charge in [-0.25, -0.2) is 4.79 Å². The Balaban J connectivity index is 2.10. The zero-order valence-corrected chi connectivity index (χ0v) is 10.9. The fraction of sp³-hybridized carbons (Fsp3) is 0.583. The number of hydrogen-bond acceptors (Lipinski definition) is 4. The highest BCUT2D eigenvalue weighted by atomic mass is 16.4. The molecule has 104 valence electrons. The number of carbonyl (C=O) groups is 2. The minimum atomic E-state index is -0.980. The van der Waals surface area contributed by atoms with Gasteiger partial charge in [0.25, 0.3) is 0 Å². The van der Waals surface area contributed by atoms with Gasteiger partial charge in [-0.05, 0) is 19.4 Å². The van der Waals surface area contributed by atoms with E-state index < -0.39 is 5.97 Å². The van der Waals surface area contributed by atoms with Gasteiger partial charge in [-0.3, -0.25) is 14.4 Å². The van der Waals surface area contributed by atoms with E-state index in [1.807, 2.05) is 0 Å². The number of rotatable bonds is 4. The second-order valence-corrected chi connectivity index (χ2v) is 4.91. The van der Waals surface area contributed by atoms with Crippen LogP contribution < -0.4 is 5.73 Å². The Labute approximate surface area is 111 Å². The lowest BCUT2D eigenvalue weighted by molar-refractivity contribution is -0.123. The van der Waals surface area contributed by atoms with E-state index in [1.165, 1.54) is 6.20 Å². The van der Waals surface area contributed by atoms with Crippen molar-refractivity contribution in [3.8, 4) is 0 Å². The lowest BCUT2D eigenvalue weighted by atomic mass is 9.97. The van der Waals surface area contributed by atoms with Crippen LogP contribution in [-0.4, -0.2) is 44.8 Å². The highest BCUT2D eigenvalue weighted by Gasteiger charge is 2.26. The summed E-state index contributed by atoms with van der Waals surface area (Å²) in [6, 6.07) is 0. The predicted octanol–water partition coefficient (Wildman–Crippen LogP) is -0.184. The van der Waals surface area contributed by atoms with Crippen LogP contribution in [-0.2, 0) is 18.4 Å². The van der Waals surface area contributed by atoms with Crippen molar-refractivity contribution in [2.45, 2.75) is 19.4 Å². The van der Waals surface area contributed by atoms with E-state index in [9.17, 15) is 9.59 Å². The largest absolute Gasteiger partial charge is 0.478 e. The van der Waals surface area contributed by atoms with Gasteiger partial charge < -0.3 is 10.8 Å². The van der Waals surface area contributed by atoms with Gasteiger partial charge in [-0.2, -0.15) is 5.10 Å². The van der Waals surface area contributed by atoms with E-state index in [2.05, 4.69) is 10.00 Å². The van der Waals surface area contributed by atoms with Crippen LogP contribution in [0, 0.1) is 5.92 Å². The Hall–Kier alpha value is -1.89. The Morgan fingerprint density at radius 2 is 2.32 bits per heavy atom. The molecule has 1 saturated heterocycles. The molecule has 19 heavy (non-hydrogen) atoms. The first-order chi connectivity index (χ1) is 8.99. The zero-order chi connectivity index (χ0) is 14.0. The van der Waals surface area contributed by atoms with Crippen molar-refractivity contribution < 1.29 is 14.7 Å². The molecule has 7 heteroatoms. The van der Waals surface area contributed by atoms with E-state index >= 15 is 0 Å². The van der Waals surface area contributed by atoms with Gasteiger partial charge in [0, 0.05) is 20.1 Å². The SMILES string of the molecule is Cn1ncc(C(=O)O)c1CN1CCCC(C(N)=O)C1. The summed E-state index contributed by atoms with van der Waals surface area (Å²) >= 11 is 0. The smallest absolute Gasteiger partial charge is 0.339 e. The van der Waals surface area contributed by atoms with Crippen LogP contribution in [0.15, 0.2) is 6.20 Å². The first-order valence-corrected chi connectivity index (χ1v) is 6.25. The van der Waals surface area contributed by atoms with Crippen LogP contribution in [0.5, 0.6) is 0 Å². The third-order valence-electron chi connectivity index (χ3n) is 3.57. The molecule has 3 N–H and O–H groups in total. The van der Waals surface area contributed by atoms with Crippen LogP contribution in [0.1, 0.15) is 28.9 Å². The molecule has 1 aromatic heterocycles. The maximum atomic E-state index is 11.2. The molecule has 0 radical (unpaired) electrons. The number of aromatic nitrogens is 2. The van der Waals surface area contributed by atoms with Crippen LogP contribution in [0.3, 0.4) is 0 Å². The minimum absolute atomic E-state index is 0.143. The fourth-order valence-corrected chi connectivity index (χ4v) is 2.47. The molecule has 2 heterocycles. The summed E-state index contributed by atoms with van der Waals surface area (Å²) in [6.07, 6.45) is 3.06. The van der Waals surface area contributed by atoms with Crippen molar-refractivity contribution in [1.29, 1.82) is 0 Å². The molecule has 1 fully saturated rings. The highest BCUT2D eigenvalue weighted by Crippen LogP contribution is 2.19. The highest BCUT2D eigenvalue weighted by molar-refractivity contribution is 5.88. The maximum absolute atomic E-state index is 11.2. The molecule has 7 nitrogen and oxygen atoms in total. The summed E-state index contributed by atoms with van der Waals surface area (Å²) in [7, 11) is 1.72. The predicted molar refractivity (Wildman–Crippen MR) is 67.4 cm³/mol. The summed E-state index contributed by atoms with van der Waals surface area (Å²) in [6.45, 7) is 1.90. The monoisotopic (exact) mass is 266 g/mol. The first kappa shape index (κ1) is 13.5. The van der Waals surface area contributed by atoms with E-state index in [0.29, 0.717) is 18.8 Å². The molecule has 0 saturated carbocycles. The second-order valence-electron chi connectivity index (χ2n) is 4.91. The number of amides is 1. The number of nitrogens with two attached hydrogens (primary N) is 1. The number of aryl methyl sites for hydroxylation is 1. The number of piperidine rings is 1. The number of carboxylic acid groups (broad SMARTS) is 1. The van der Waals surface area contributed by atoms with Gasteiger partial charge in [0.1, 0.15) is 5.56 Å². The minimum Gasteiger partial charge on any atom is -0.478 e. The Morgan fingerprint density at radius 1 is 1.58 bits per heavy atom. The molecule has 0 aromatic carbocycles. The standard InChI is InChI=1S/C12H18N4O3/c1-15-10(9(5-14-15)12(18)19)7-16-4-2-3-8(6-16)11(13)17/h5,8H,2-4,6-7H2,1H3,(H2,13,17)(H,18,19). The molecular weight excluding hydrogens is 248 g/mol. The zero-order valence-electron chi connectivity index (χ0n) is 10.9. The third-order valence-corrected chi connectivity index (χ3v) is 3.57. The summed E-state index contributed by atoms with van der Waals surface area (Å²) in [5.41, 5.74) is 6.20. The van der Waals surface area contributed by atoms with Gasteiger partial charge >= 0.3 is 5.97 Å². The summed E-state index contributed by atoms with van der Waals surface area (Å²) in [4.78, 5) is 24.4. The lowest BCUT2D eigenvalue weighted by Gasteiger charge is -2.31. The molecule has 2 rings (SSSR count). The molecule has 1 amide bonds. The van der Waals surface area contributed by atoms with Crippen LogP contribution >= 0.6 is 0 Å². The average Bonchev–Trinajstić information content (AvgIpc) is 2.71. The van der Waals surface area contributed by atoms with Crippen LogP contribution in [0.25, 0.3) is 0 Å². The number of primary amides is 1. The fourth-order valence-electron chi connectivity index (χ4n) is 2.47. The lowest BCUT2D eigenvalue weighted by Crippen LogP contribution is -2.41. The van der Waals surface area contributed by atoms with Crippen molar-refractivity contribution in [2.24, 2.45) is 18.7 Å². The Bertz CT molecular complexity index is 497. The molecule has 0 aliphatic carbocycles. The maximum Gasteiger partial charge on any atom is 0.339 e. The van der Waals surface area contributed by atoms with E-state index in [1.54, 1.807) is 11.7 Å². The molecule has 1 aliphatic rings. The molecule has 1 aromatic rings. The number of carboxylic acids is 1. The van der Waals surface area contributed by atoms with Crippen LogP contribution in [0.4, 0.5) is 0 Å². The third kappa shape index (κ3) is 2.93. The van der Waals surface area contributed by atoms with Gasteiger partial charge in [0.05, 0.1) is 17.8 Å². The Kier molecular flexibility index (Phi) is 3.84. The van der Waals surface area contributed by atoms with Crippen molar-refractivity contribution in [3.05, 3.63) is 17.5 Å². The number of nitrogens with zero attached hydrogens (tertiary/aromatic N) is 3. The molecule has 0 bridgehead atoms. The molecule has 1 unspecified atom stereocenters. The van der Waals surface area contributed by atoms with Gasteiger partial charge in [-0.1, -0.05) is 0 Å². The first-order valence-electron chi connectivity index (χ1n) is 6.25. The molecular formula is C12H18N4O3. The van der Waals surface area contributed by atoms with Gasteiger partial charge in [0.15, 0.2) is 0 Å².